The first-order valence-electron chi connectivity index (χ1n) is 10.3. The summed E-state index contributed by atoms with van der Waals surface area (Å²) >= 11 is 0. The number of halogens is 1. The second kappa shape index (κ2) is 11.3. The van der Waals surface area contributed by atoms with Crippen LogP contribution < -0.4 is 10.6 Å². The standard InChI is InChI=1S/C22H32N6O.HI/c1-23-21(25-17-22(12-4-5-13-22)20(29)27(2)3)24-15-11-18-7-9-19(10-8-18)28-16-6-14-26-28;/h6-10,14,16H,4-5,11-13,15,17H2,1-3H3,(H2,23,24,25);1H. The fourth-order valence-corrected chi connectivity index (χ4v) is 4.03. The third-order valence-corrected chi connectivity index (χ3v) is 5.65. The maximum absolute atomic E-state index is 12.7. The fraction of sp³-hybridized carbons (Fsp3) is 0.500. The quantitative estimate of drug-likeness (QED) is 0.332. The monoisotopic (exact) mass is 524 g/mol. The first-order valence-corrected chi connectivity index (χ1v) is 10.3. The molecule has 0 saturated heterocycles. The van der Waals surface area contributed by atoms with Gasteiger partial charge in [0.2, 0.25) is 5.91 Å². The van der Waals surface area contributed by atoms with Crippen molar-refractivity contribution in [3.63, 3.8) is 0 Å². The number of rotatable bonds is 7. The SMILES string of the molecule is CN=C(NCCc1ccc(-n2cccn2)cc1)NCC1(C(=O)N(C)C)CCCC1.I. The fourth-order valence-electron chi connectivity index (χ4n) is 4.03. The van der Waals surface area contributed by atoms with Crippen molar-refractivity contribution in [3.05, 3.63) is 48.3 Å². The largest absolute Gasteiger partial charge is 0.356 e. The van der Waals surface area contributed by atoms with E-state index in [2.05, 4.69) is 45.0 Å². The van der Waals surface area contributed by atoms with E-state index in [4.69, 9.17) is 0 Å². The van der Waals surface area contributed by atoms with Crippen LogP contribution >= 0.6 is 24.0 Å². The Balaban J connectivity index is 0.00000320. The minimum atomic E-state index is -0.302. The highest BCUT2D eigenvalue weighted by Gasteiger charge is 2.42. The molecule has 1 saturated carbocycles. The van der Waals surface area contributed by atoms with Crippen molar-refractivity contribution < 1.29 is 4.79 Å². The summed E-state index contributed by atoms with van der Waals surface area (Å²) in [5.41, 5.74) is 2.00. The molecular weight excluding hydrogens is 491 g/mol. The van der Waals surface area contributed by atoms with Gasteiger partial charge in [-0.15, -0.1) is 24.0 Å². The molecule has 1 fully saturated rings. The van der Waals surface area contributed by atoms with E-state index in [1.54, 1.807) is 18.1 Å². The van der Waals surface area contributed by atoms with E-state index in [9.17, 15) is 4.79 Å². The van der Waals surface area contributed by atoms with Gasteiger partial charge in [0.25, 0.3) is 0 Å². The van der Waals surface area contributed by atoms with E-state index in [0.29, 0.717) is 6.54 Å². The molecule has 30 heavy (non-hydrogen) atoms. The van der Waals surface area contributed by atoms with Crippen LogP contribution in [0.25, 0.3) is 5.69 Å². The van der Waals surface area contributed by atoms with E-state index < -0.39 is 0 Å². The van der Waals surface area contributed by atoms with Crippen LogP contribution in [-0.2, 0) is 11.2 Å². The minimum absolute atomic E-state index is 0. The normalized spacial score (nSPS) is 15.4. The Hall–Kier alpha value is -2.10. The summed E-state index contributed by atoms with van der Waals surface area (Å²) in [4.78, 5) is 18.7. The third kappa shape index (κ3) is 5.96. The van der Waals surface area contributed by atoms with Gasteiger partial charge in [0.15, 0.2) is 5.96 Å². The summed E-state index contributed by atoms with van der Waals surface area (Å²) in [5, 5.41) is 11.0. The molecule has 164 valence electrons. The van der Waals surface area contributed by atoms with Crippen LogP contribution in [0.5, 0.6) is 0 Å². The zero-order valence-corrected chi connectivity index (χ0v) is 20.4. The van der Waals surface area contributed by atoms with Gasteiger partial charge < -0.3 is 15.5 Å². The molecule has 0 bridgehead atoms. The predicted octanol–water partition coefficient (Wildman–Crippen LogP) is 2.85. The number of hydrogen-bond acceptors (Lipinski definition) is 3. The molecule has 0 unspecified atom stereocenters. The van der Waals surface area contributed by atoms with Gasteiger partial charge in [0, 0.05) is 46.6 Å². The summed E-state index contributed by atoms with van der Waals surface area (Å²) in [5.74, 6) is 0.964. The first kappa shape index (κ1) is 24.2. The highest BCUT2D eigenvalue weighted by molar-refractivity contribution is 14.0. The number of carbonyl (C=O) groups is 1. The van der Waals surface area contributed by atoms with Gasteiger partial charge in [-0.2, -0.15) is 5.10 Å². The molecule has 1 aromatic heterocycles. The summed E-state index contributed by atoms with van der Waals surface area (Å²) < 4.78 is 1.85. The number of benzene rings is 1. The number of amides is 1. The molecule has 0 aliphatic heterocycles. The van der Waals surface area contributed by atoms with E-state index >= 15 is 0 Å². The van der Waals surface area contributed by atoms with Gasteiger partial charge >= 0.3 is 0 Å². The number of aromatic nitrogens is 2. The van der Waals surface area contributed by atoms with E-state index in [0.717, 1.165) is 50.3 Å². The molecule has 7 nitrogen and oxygen atoms in total. The Labute approximate surface area is 196 Å². The lowest BCUT2D eigenvalue weighted by Crippen LogP contribution is -2.49. The molecule has 2 N–H and O–H groups in total. The smallest absolute Gasteiger partial charge is 0.230 e. The Kier molecular flexibility index (Phi) is 9.13. The zero-order valence-electron chi connectivity index (χ0n) is 18.1. The Morgan fingerprint density at radius 1 is 1.20 bits per heavy atom. The number of nitrogens with zero attached hydrogens (tertiary/aromatic N) is 4. The van der Waals surface area contributed by atoms with Gasteiger partial charge in [-0.1, -0.05) is 25.0 Å². The van der Waals surface area contributed by atoms with Crippen molar-refractivity contribution in [3.8, 4) is 5.69 Å². The van der Waals surface area contributed by atoms with Crippen LogP contribution in [0.2, 0.25) is 0 Å². The number of aliphatic imine (C=N–C) groups is 1. The topological polar surface area (TPSA) is 74.5 Å². The van der Waals surface area contributed by atoms with Crippen LogP contribution in [0.1, 0.15) is 31.2 Å². The molecule has 8 heteroatoms. The molecule has 1 aliphatic rings. The van der Waals surface area contributed by atoms with Crippen molar-refractivity contribution in [1.82, 2.24) is 25.3 Å². The minimum Gasteiger partial charge on any atom is -0.356 e. The molecule has 1 aromatic carbocycles. The summed E-state index contributed by atoms with van der Waals surface area (Å²) in [6, 6.07) is 10.3. The molecule has 0 atom stereocenters. The van der Waals surface area contributed by atoms with E-state index in [1.165, 1.54) is 5.56 Å². The number of carbonyl (C=O) groups excluding carboxylic acids is 1. The molecule has 0 spiro atoms. The van der Waals surface area contributed by atoms with Crippen LogP contribution in [0, 0.1) is 5.41 Å². The lowest BCUT2D eigenvalue weighted by atomic mass is 9.84. The van der Waals surface area contributed by atoms with Crippen molar-refractivity contribution in [2.24, 2.45) is 10.4 Å². The molecule has 2 aromatic rings. The number of nitrogens with one attached hydrogen (secondary N) is 2. The Morgan fingerprint density at radius 2 is 1.90 bits per heavy atom. The lowest BCUT2D eigenvalue weighted by molar-refractivity contribution is -0.138. The van der Waals surface area contributed by atoms with Crippen molar-refractivity contribution in [1.29, 1.82) is 0 Å². The van der Waals surface area contributed by atoms with Crippen molar-refractivity contribution >= 4 is 35.8 Å². The molecule has 0 radical (unpaired) electrons. The lowest BCUT2D eigenvalue weighted by Gasteiger charge is -2.31. The average Bonchev–Trinajstić information content (AvgIpc) is 3.43. The van der Waals surface area contributed by atoms with Crippen LogP contribution in [0.3, 0.4) is 0 Å². The zero-order chi connectivity index (χ0) is 20.7. The number of hydrogen-bond donors (Lipinski definition) is 2. The average molecular weight is 524 g/mol. The third-order valence-electron chi connectivity index (χ3n) is 5.65. The first-order chi connectivity index (χ1) is 14.0. The molecule has 1 heterocycles. The van der Waals surface area contributed by atoms with E-state index in [1.807, 2.05) is 31.0 Å². The Morgan fingerprint density at radius 3 is 2.47 bits per heavy atom. The van der Waals surface area contributed by atoms with Crippen molar-refractivity contribution in [2.75, 3.05) is 34.2 Å². The highest BCUT2D eigenvalue weighted by atomic mass is 127. The van der Waals surface area contributed by atoms with Gasteiger partial charge in [0.1, 0.15) is 0 Å². The molecular formula is C22H33IN6O. The summed E-state index contributed by atoms with van der Waals surface area (Å²) in [7, 11) is 5.45. The maximum Gasteiger partial charge on any atom is 0.230 e. The molecule has 3 rings (SSSR count). The number of guanidine groups is 1. The van der Waals surface area contributed by atoms with Gasteiger partial charge in [-0.3, -0.25) is 9.79 Å². The highest BCUT2D eigenvalue weighted by Crippen LogP contribution is 2.38. The van der Waals surface area contributed by atoms with Crippen LogP contribution in [-0.4, -0.2) is 60.8 Å². The van der Waals surface area contributed by atoms with Gasteiger partial charge in [-0.25, -0.2) is 4.68 Å². The summed E-state index contributed by atoms with van der Waals surface area (Å²) in [6.07, 6.45) is 8.71. The van der Waals surface area contributed by atoms with Crippen LogP contribution in [0.15, 0.2) is 47.7 Å². The Bertz CT molecular complexity index is 811. The van der Waals surface area contributed by atoms with Crippen molar-refractivity contribution in [2.45, 2.75) is 32.1 Å². The van der Waals surface area contributed by atoms with Gasteiger partial charge in [-0.05, 0) is 43.0 Å². The second-order valence-electron chi connectivity index (χ2n) is 7.91. The van der Waals surface area contributed by atoms with Gasteiger partial charge in [0.05, 0.1) is 11.1 Å². The predicted molar refractivity (Wildman–Crippen MR) is 132 cm³/mol. The summed E-state index contributed by atoms with van der Waals surface area (Å²) in [6.45, 7) is 1.40. The molecule has 1 aliphatic carbocycles. The van der Waals surface area contributed by atoms with E-state index in [-0.39, 0.29) is 35.3 Å². The second-order valence-corrected chi connectivity index (χ2v) is 7.91. The maximum atomic E-state index is 12.7. The van der Waals surface area contributed by atoms with Crippen LogP contribution in [0.4, 0.5) is 0 Å². The molecule has 1 amide bonds.